The quantitative estimate of drug-likeness (QED) is 0.348. The molecule has 3 heterocycles. The molecule has 0 aliphatic carbocycles. The molecule has 0 saturated heterocycles. The molecule has 0 amide bonds. The summed E-state index contributed by atoms with van der Waals surface area (Å²) in [7, 11) is 0. The molecule has 2 aromatic carbocycles. The number of halogens is 3. The number of hydrogen-bond donors (Lipinski definition) is 2. The molecule has 0 saturated carbocycles. The van der Waals surface area contributed by atoms with Crippen molar-refractivity contribution in [3.8, 4) is 5.69 Å². The molecule has 0 bridgehead atoms. The summed E-state index contributed by atoms with van der Waals surface area (Å²) in [6, 6.07) is 9.51. The van der Waals surface area contributed by atoms with E-state index in [1.165, 1.54) is 23.3 Å². The van der Waals surface area contributed by atoms with Crippen LogP contribution in [0.2, 0.25) is 10.0 Å². The molecule has 1 unspecified atom stereocenters. The number of hydrogen-bond acceptors (Lipinski definition) is 5. The van der Waals surface area contributed by atoms with Gasteiger partial charge in [-0.2, -0.15) is 0 Å². The molecule has 33 heavy (non-hydrogen) atoms. The van der Waals surface area contributed by atoms with Crippen molar-refractivity contribution >= 4 is 51.0 Å². The maximum absolute atomic E-state index is 14.2. The number of anilines is 1. The molecule has 0 spiro atoms. The van der Waals surface area contributed by atoms with Gasteiger partial charge < -0.3 is 10.3 Å². The van der Waals surface area contributed by atoms with Gasteiger partial charge in [0.2, 0.25) is 0 Å². The summed E-state index contributed by atoms with van der Waals surface area (Å²) in [6.45, 7) is 3.77. The van der Waals surface area contributed by atoms with Crippen molar-refractivity contribution in [2.45, 2.75) is 19.9 Å². The minimum absolute atomic E-state index is 0.100. The molecule has 0 aliphatic heterocycles. The number of aromatic amines is 1. The van der Waals surface area contributed by atoms with Crippen molar-refractivity contribution in [2.24, 2.45) is 0 Å². The molecular formula is C23H17Cl2FN6O. The highest BCUT2D eigenvalue weighted by atomic mass is 35.5. The second-order valence-corrected chi connectivity index (χ2v) is 8.53. The van der Waals surface area contributed by atoms with Crippen LogP contribution >= 0.6 is 23.2 Å². The van der Waals surface area contributed by atoms with Gasteiger partial charge >= 0.3 is 0 Å². The minimum atomic E-state index is -0.656. The van der Waals surface area contributed by atoms with Crippen LogP contribution < -0.4 is 10.9 Å². The molecule has 0 fully saturated rings. The number of benzene rings is 2. The van der Waals surface area contributed by atoms with Crippen LogP contribution in [0.1, 0.15) is 24.2 Å². The van der Waals surface area contributed by atoms with E-state index in [1.807, 2.05) is 19.9 Å². The van der Waals surface area contributed by atoms with Gasteiger partial charge in [-0.1, -0.05) is 29.3 Å². The lowest BCUT2D eigenvalue weighted by molar-refractivity contribution is 0.629. The number of H-pyrrole nitrogens is 1. The van der Waals surface area contributed by atoms with E-state index < -0.39 is 17.4 Å². The van der Waals surface area contributed by atoms with Crippen LogP contribution in [0, 0.1) is 12.7 Å². The Balaban J connectivity index is 1.75. The average Bonchev–Trinajstić information content (AvgIpc) is 3.25. The zero-order valence-electron chi connectivity index (χ0n) is 17.5. The predicted octanol–water partition coefficient (Wildman–Crippen LogP) is 5.58. The van der Waals surface area contributed by atoms with Crippen LogP contribution in [0.5, 0.6) is 0 Å². The first-order valence-electron chi connectivity index (χ1n) is 10.1. The number of aryl methyl sites for hydroxylation is 1. The fourth-order valence-electron chi connectivity index (χ4n) is 3.94. The Morgan fingerprint density at radius 3 is 2.73 bits per heavy atom. The maximum Gasteiger partial charge on any atom is 0.264 e. The third-order valence-electron chi connectivity index (χ3n) is 5.41. The number of rotatable bonds is 4. The van der Waals surface area contributed by atoms with Gasteiger partial charge in [-0.3, -0.25) is 9.36 Å². The second kappa shape index (κ2) is 8.13. The van der Waals surface area contributed by atoms with Gasteiger partial charge in [-0.05, 0) is 55.1 Å². The minimum Gasteiger partial charge on any atom is -0.360 e. The fourth-order valence-corrected chi connectivity index (χ4v) is 4.48. The zero-order valence-corrected chi connectivity index (χ0v) is 19.0. The van der Waals surface area contributed by atoms with Gasteiger partial charge in [0.1, 0.15) is 17.7 Å². The normalized spacial score (nSPS) is 12.4. The van der Waals surface area contributed by atoms with Gasteiger partial charge in [0.25, 0.3) is 5.56 Å². The van der Waals surface area contributed by atoms with Gasteiger partial charge in [0.05, 0.1) is 28.5 Å². The predicted molar refractivity (Wildman–Crippen MR) is 128 cm³/mol. The topological polar surface area (TPSA) is 88.5 Å². The summed E-state index contributed by atoms with van der Waals surface area (Å²) in [4.78, 5) is 29.3. The van der Waals surface area contributed by atoms with Crippen molar-refractivity contribution < 1.29 is 4.39 Å². The number of nitrogens with zero attached hydrogens (tertiary/aromatic N) is 4. The van der Waals surface area contributed by atoms with Gasteiger partial charge in [-0.25, -0.2) is 19.3 Å². The molecule has 7 nitrogen and oxygen atoms in total. The van der Waals surface area contributed by atoms with E-state index in [-0.39, 0.29) is 10.4 Å². The molecule has 0 aliphatic rings. The molecule has 3 aromatic heterocycles. The van der Waals surface area contributed by atoms with E-state index in [2.05, 4.69) is 25.3 Å². The summed E-state index contributed by atoms with van der Waals surface area (Å²) in [6.07, 6.45) is 2.95. The molecule has 10 heteroatoms. The summed E-state index contributed by atoms with van der Waals surface area (Å²) >= 11 is 12.5. The van der Waals surface area contributed by atoms with Crippen LogP contribution in [0.3, 0.4) is 0 Å². The van der Waals surface area contributed by atoms with Crippen LogP contribution in [-0.2, 0) is 0 Å². The van der Waals surface area contributed by atoms with E-state index in [0.29, 0.717) is 38.8 Å². The van der Waals surface area contributed by atoms with Crippen molar-refractivity contribution in [1.29, 1.82) is 0 Å². The Kier molecular flexibility index (Phi) is 5.26. The van der Waals surface area contributed by atoms with E-state index >= 15 is 0 Å². The van der Waals surface area contributed by atoms with E-state index in [4.69, 9.17) is 23.2 Å². The van der Waals surface area contributed by atoms with Crippen molar-refractivity contribution in [3.63, 3.8) is 0 Å². The number of pyridine rings is 1. The molecule has 2 N–H and O–H groups in total. The number of nitrogens with one attached hydrogen (secondary N) is 2. The lowest BCUT2D eigenvalue weighted by Crippen LogP contribution is -2.26. The second-order valence-electron chi connectivity index (χ2n) is 7.71. The Morgan fingerprint density at radius 2 is 1.94 bits per heavy atom. The molecule has 5 aromatic rings. The third-order valence-corrected chi connectivity index (χ3v) is 6.00. The lowest BCUT2D eigenvalue weighted by atomic mass is 10.1. The summed E-state index contributed by atoms with van der Waals surface area (Å²) < 4.78 is 15.7. The van der Waals surface area contributed by atoms with Crippen LogP contribution in [0.15, 0.2) is 53.8 Å². The number of aromatic nitrogens is 5. The van der Waals surface area contributed by atoms with Crippen molar-refractivity contribution in [3.05, 3.63) is 86.5 Å². The van der Waals surface area contributed by atoms with Crippen LogP contribution in [-0.4, -0.2) is 24.5 Å². The SMILES string of the molecule is Cc1cc(Cl)cc(-n2c(C(C)Nc3ncnc4nc[nH]c34)cc3ccc(F)c(Cl)c3c2=O)c1. The summed E-state index contributed by atoms with van der Waals surface area (Å²) in [5.41, 5.74) is 2.74. The van der Waals surface area contributed by atoms with Crippen LogP contribution in [0.25, 0.3) is 27.6 Å². The number of fused-ring (bicyclic) bond motifs is 2. The lowest BCUT2D eigenvalue weighted by Gasteiger charge is -2.22. The highest BCUT2D eigenvalue weighted by Crippen LogP contribution is 2.30. The smallest absolute Gasteiger partial charge is 0.264 e. The first-order chi connectivity index (χ1) is 15.8. The Labute approximate surface area is 197 Å². The number of imidazole rings is 1. The van der Waals surface area contributed by atoms with E-state index in [0.717, 1.165) is 5.56 Å². The van der Waals surface area contributed by atoms with Crippen molar-refractivity contribution in [2.75, 3.05) is 5.32 Å². The third kappa shape index (κ3) is 3.71. The maximum atomic E-state index is 14.2. The molecule has 0 radical (unpaired) electrons. The molecule has 5 rings (SSSR count). The van der Waals surface area contributed by atoms with E-state index in [9.17, 15) is 9.18 Å². The monoisotopic (exact) mass is 482 g/mol. The first-order valence-corrected chi connectivity index (χ1v) is 10.8. The Hall–Kier alpha value is -3.49. The van der Waals surface area contributed by atoms with Gasteiger partial charge in [0, 0.05) is 10.7 Å². The highest BCUT2D eigenvalue weighted by molar-refractivity contribution is 6.35. The molecular weight excluding hydrogens is 466 g/mol. The Morgan fingerprint density at radius 1 is 1.12 bits per heavy atom. The van der Waals surface area contributed by atoms with E-state index in [1.54, 1.807) is 24.3 Å². The van der Waals surface area contributed by atoms with Gasteiger partial charge in [0.15, 0.2) is 11.5 Å². The summed E-state index contributed by atoms with van der Waals surface area (Å²) in [5, 5.41) is 4.21. The Bertz CT molecular complexity index is 1580. The average molecular weight is 483 g/mol. The molecule has 1 atom stereocenters. The molecule has 166 valence electrons. The first kappa shape index (κ1) is 21.4. The van der Waals surface area contributed by atoms with Gasteiger partial charge in [-0.15, -0.1) is 0 Å². The standard InChI is InChI=1S/C23H17Cl2FN6O/c1-11-5-14(24)8-15(6-11)32-17(7-13-3-4-16(26)19(25)18(13)23(32)33)12(2)31-22-20-21(28-9-27-20)29-10-30-22/h3-10,12H,1-2H3,(H2,27,28,29,30,31). The highest BCUT2D eigenvalue weighted by Gasteiger charge is 2.21. The zero-order chi connectivity index (χ0) is 23.3. The van der Waals surface area contributed by atoms with Crippen LogP contribution in [0.4, 0.5) is 10.2 Å². The summed E-state index contributed by atoms with van der Waals surface area (Å²) in [5.74, 6) is -0.125. The largest absolute Gasteiger partial charge is 0.360 e. The van der Waals surface area contributed by atoms with Crippen molar-refractivity contribution in [1.82, 2.24) is 24.5 Å². The fraction of sp³-hybridized carbons (Fsp3) is 0.130.